The molecule has 2 saturated heterocycles. The Morgan fingerprint density at radius 1 is 0.778 bits per heavy atom. The molecule has 2 aliphatic heterocycles. The molecule has 236 valence electrons. The predicted molar refractivity (Wildman–Crippen MR) is 173 cm³/mol. The Labute approximate surface area is 263 Å². The Morgan fingerprint density at radius 2 is 1.38 bits per heavy atom. The molecule has 2 aromatic heterocycles. The van der Waals surface area contributed by atoms with Gasteiger partial charge in [-0.3, -0.25) is 14.1 Å². The first kappa shape index (κ1) is 32.3. The molecule has 3 aromatic carbocycles. The standard InChI is InChI=1S/C18H19N5.2C7H8O3S/c1-22-9-14-10-23(11-17(14)22)18-8-19-7-16(21-18)13-3-2-12-4-5-20-15(12)6-13;2*1-6-2-4-7(5-3-6)11(8,9)10/h2-8,14,17,20H,9-11H2,1H3;2*2-5H,1H3,(H,8,9,10)/t14-,17+;;/m0../s1. The van der Waals surface area contributed by atoms with Crippen molar-refractivity contribution < 1.29 is 25.9 Å². The van der Waals surface area contributed by atoms with E-state index in [2.05, 4.69) is 51.1 Å². The lowest BCUT2D eigenvalue weighted by atomic mass is 9.93. The molecule has 7 rings (SSSR count). The average molecular weight is 650 g/mol. The fourth-order valence-corrected chi connectivity index (χ4v) is 6.32. The fraction of sp³-hybridized carbons (Fsp3) is 0.250. The maximum absolute atomic E-state index is 10.5. The van der Waals surface area contributed by atoms with Gasteiger partial charge < -0.3 is 14.8 Å². The zero-order chi connectivity index (χ0) is 32.4. The van der Waals surface area contributed by atoms with Crippen molar-refractivity contribution in [2.45, 2.75) is 29.7 Å². The van der Waals surface area contributed by atoms with E-state index >= 15 is 0 Å². The van der Waals surface area contributed by atoms with E-state index in [-0.39, 0.29) is 9.79 Å². The molecule has 3 N–H and O–H groups in total. The van der Waals surface area contributed by atoms with E-state index in [0.29, 0.717) is 6.04 Å². The maximum atomic E-state index is 10.5. The topological polar surface area (TPSA) is 157 Å². The van der Waals surface area contributed by atoms with Crippen LogP contribution in [-0.4, -0.2) is 78.5 Å². The number of aryl methyl sites for hydroxylation is 2. The highest BCUT2D eigenvalue weighted by molar-refractivity contribution is 7.86. The van der Waals surface area contributed by atoms with Gasteiger partial charge in [0, 0.05) is 48.9 Å². The molecule has 2 aliphatic rings. The van der Waals surface area contributed by atoms with Crippen molar-refractivity contribution in [2.75, 3.05) is 31.6 Å². The van der Waals surface area contributed by atoms with Crippen molar-refractivity contribution in [1.82, 2.24) is 19.9 Å². The number of hydrogen-bond donors (Lipinski definition) is 3. The predicted octanol–water partition coefficient (Wildman–Crippen LogP) is 4.86. The third-order valence-corrected chi connectivity index (χ3v) is 9.67. The number of rotatable bonds is 4. The number of likely N-dealkylation sites (tertiary alicyclic amines) is 1. The highest BCUT2D eigenvalue weighted by Crippen LogP contribution is 2.33. The van der Waals surface area contributed by atoms with E-state index in [1.54, 1.807) is 24.3 Å². The van der Waals surface area contributed by atoms with Gasteiger partial charge in [-0.2, -0.15) is 16.8 Å². The van der Waals surface area contributed by atoms with Crippen LogP contribution < -0.4 is 4.90 Å². The van der Waals surface area contributed by atoms with Crippen LogP contribution in [0.4, 0.5) is 5.82 Å². The number of fused-ring (bicyclic) bond motifs is 2. The summed E-state index contributed by atoms with van der Waals surface area (Å²) in [6.07, 6.45) is 5.71. The Kier molecular flexibility index (Phi) is 9.37. The molecule has 0 aliphatic carbocycles. The maximum Gasteiger partial charge on any atom is 0.294 e. The van der Waals surface area contributed by atoms with Crippen LogP contribution >= 0.6 is 0 Å². The lowest BCUT2D eigenvalue weighted by Crippen LogP contribution is -2.52. The van der Waals surface area contributed by atoms with Crippen molar-refractivity contribution in [3.05, 3.63) is 103 Å². The Balaban J connectivity index is 0.000000153. The first-order valence-electron chi connectivity index (χ1n) is 14.2. The molecule has 45 heavy (non-hydrogen) atoms. The smallest absolute Gasteiger partial charge is 0.294 e. The molecule has 11 nitrogen and oxygen atoms in total. The monoisotopic (exact) mass is 649 g/mol. The van der Waals surface area contributed by atoms with Crippen LogP contribution in [0.3, 0.4) is 0 Å². The molecule has 5 aromatic rings. The molecule has 0 saturated carbocycles. The number of nitrogens with zero attached hydrogens (tertiary/aromatic N) is 4. The average Bonchev–Trinajstić information content (AvgIpc) is 3.61. The van der Waals surface area contributed by atoms with Gasteiger partial charge in [-0.05, 0) is 62.7 Å². The van der Waals surface area contributed by atoms with Gasteiger partial charge >= 0.3 is 0 Å². The van der Waals surface area contributed by atoms with E-state index in [1.165, 1.54) is 36.2 Å². The summed E-state index contributed by atoms with van der Waals surface area (Å²) in [5.74, 6) is 1.79. The molecular formula is C32H35N5O6S2. The highest BCUT2D eigenvalue weighted by Gasteiger charge is 2.43. The minimum absolute atomic E-state index is 0.0666. The van der Waals surface area contributed by atoms with Crippen molar-refractivity contribution >= 4 is 37.0 Å². The van der Waals surface area contributed by atoms with Crippen molar-refractivity contribution in [3.8, 4) is 11.3 Å². The molecule has 0 spiro atoms. The summed E-state index contributed by atoms with van der Waals surface area (Å²) in [5.41, 5.74) is 5.09. The number of benzene rings is 3. The first-order valence-corrected chi connectivity index (χ1v) is 17.1. The molecule has 0 bridgehead atoms. The van der Waals surface area contributed by atoms with Crippen molar-refractivity contribution in [3.63, 3.8) is 0 Å². The number of hydrogen-bond acceptors (Lipinski definition) is 8. The third kappa shape index (κ3) is 7.93. The lowest BCUT2D eigenvalue weighted by molar-refractivity contribution is 0.0827. The Morgan fingerprint density at radius 3 is 1.91 bits per heavy atom. The van der Waals surface area contributed by atoms with E-state index in [4.69, 9.17) is 14.1 Å². The van der Waals surface area contributed by atoms with E-state index in [9.17, 15) is 16.8 Å². The van der Waals surface area contributed by atoms with Gasteiger partial charge in [0.05, 0.1) is 27.9 Å². The molecule has 0 unspecified atom stereocenters. The molecule has 2 fully saturated rings. The number of likely N-dealkylation sites (N-methyl/N-ethyl adjacent to an activating group) is 1. The van der Waals surface area contributed by atoms with E-state index in [1.807, 2.05) is 32.4 Å². The van der Waals surface area contributed by atoms with Crippen LogP contribution in [0.1, 0.15) is 11.1 Å². The van der Waals surface area contributed by atoms with Gasteiger partial charge in [0.25, 0.3) is 20.2 Å². The number of H-pyrrole nitrogens is 1. The summed E-state index contributed by atoms with van der Waals surface area (Å²) in [6.45, 7) is 7.05. The van der Waals surface area contributed by atoms with Crippen LogP contribution in [0, 0.1) is 19.8 Å². The van der Waals surface area contributed by atoms with Gasteiger partial charge in [0.1, 0.15) is 5.82 Å². The molecule has 0 radical (unpaired) electrons. The molecule has 13 heteroatoms. The number of aromatic amines is 1. The van der Waals surface area contributed by atoms with Crippen molar-refractivity contribution in [2.24, 2.45) is 5.92 Å². The summed E-state index contributed by atoms with van der Waals surface area (Å²) < 4.78 is 59.1. The molecule has 2 atom stereocenters. The summed E-state index contributed by atoms with van der Waals surface area (Å²) >= 11 is 0. The lowest BCUT2D eigenvalue weighted by Gasteiger charge is -2.40. The molecular weight excluding hydrogens is 615 g/mol. The first-order chi connectivity index (χ1) is 21.3. The van der Waals surface area contributed by atoms with Gasteiger partial charge in [0.2, 0.25) is 0 Å². The summed E-state index contributed by atoms with van der Waals surface area (Å²) in [7, 11) is -5.83. The van der Waals surface area contributed by atoms with Gasteiger partial charge in [-0.25, -0.2) is 4.98 Å². The second-order valence-corrected chi connectivity index (χ2v) is 14.1. The SMILES string of the molecule is CN1C[C@H]2CN(c3cncc(-c4ccc5cc[nH]c5c4)n3)C[C@H]21.Cc1ccc(S(=O)(=O)O)cc1.Cc1ccc(S(=O)(=O)O)cc1. The van der Waals surface area contributed by atoms with Crippen LogP contribution in [0.2, 0.25) is 0 Å². The minimum Gasteiger partial charge on any atom is -0.361 e. The minimum atomic E-state index is -4.02. The zero-order valence-corrected chi connectivity index (χ0v) is 26.7. The van der Waals surface area contributed by atoms with Gasteiger partial charge in [-0.15, -0.1) is 0 Å². The zero-order valence-electron chi connectivity index (χ0n) is 25.1. The van der Waals surface area contributed by atoms with Crippen LogP contribution in [0.25, 0.3) is 22.2 Å². The number of anilines is 1. The highest BCUT2D eigenvalue weighted by atomic mass is 32.2. The molecule has 0 amide bonds. The van der Waals surface area contributed by atoms with Crippen LogP contribution in [0.15, 0.2) is 101 Å². The largest absolute Gasteiger partial charge is 0.361 e. The third-order valence-electron chi connectivity index (χ3n) is 7.93. The fourth-order valence-electron chi connectivity index (χ4n) is 5.36. The Hall–Kier alpha value is -4.14. The second kappa shape index (κ2) is 13.1. The molecule has 4 heterocycles. The normalized spacial score (nSPS) is 17.8. The van der Waals surface area contributed by atoms with Crippen LogP contribution in [0.5, 0.6) is 0 Å². The quantitative estimate of drug-likeness (QED) is 0.230. The summed E-state index contributed by atoms with van der Waals surface area (Å²) in [5, 5.41) is 1.22. The van der Waals surface area contributed by atoms with Gasteiger partial charge in [0.15, 0.2) is 0 Å². The van der Waals surface area contributed by atoms with E-state index in [0.717, 1.165) is 52.7 Å². The van der Waals surface area contributed by atoms with Crippen LogP contribution in [-0.2, 0) is 20.2 Å². The summed E-state index contributed by atoms with van der Waals surface area (Å²) in [6, 6.07) is 21.1. The Bertz CT molecular complexity index is 1920. The van der Waals surface area contributed by atoms with E-state index < -0.39 is 20.2 Å². The summed E-state index contributed by atoms with van der Waals surface area (Å²) in [4.78, 5) is 17.2. The second-order valence-electron chi connectivity index (χ2n) is 11.3. The van der Waals surface area contributed by atoms with Crippen molar-refractivity contribution in [1.29, 1.82) is 0 Å². The van der Waals surface area contributed by atoms with Gasteiger partial charge in [-0.1, -0.05) is 47.5 Å². The number of nitrogens with one attached hydrogen (secondary N) is 1. The number of aromatic nitrogens is 3.